The van der Waals surface area contributed by atoms with Gasteiger partial charge >= 0.3 is 5.97 Å². The van der Waals surface area contributed by atoms with Gasteiger partial charge in [0, 0.05) is 12.5 Å². The molecule has 4 nitrogen and oxygen atoms in total. The van der Waals surface area contributed by atoms with Crippen molar-refractivity contribution in [2.24, 2.45) is 11.8 Å². The standard InChI is InChI=1S/C20H33NO3/c1-15-7-6-8-16(2)23-14-19-17(10-9-15)18(20(22)24-19)13-21-11-4-3-5-12-21/h7,16-19H,3-6,8-14H2,1-2H3. The van der Waals surface area contributed by atoms with E-state index in [1.54, 1.807) is 0 Å². The van der Waals surface area contributed by atoms with Gasteiger partial charge in [0.15, 0.2) is 0 Å². The van der Waals surface area contributed by atoms with Crippen molar-refractivity contribution in [3.05, 3.63) is 11.6 Å². The van der Waals surface area contributed by atoms with Crippen molar-refractivity contribution in [1.29, 1.82) is 0 Å². The quantitative estimate of drug-likeness (QED) is 0.571. The topological polar surface area (TPSA) is 38.8 Å². The minimum absolute atomic E-state index is 0.00511. The summed E-state index contributed by atoms with van der Waals surface area (Å²) in [6, 6.07) is 0. The number of hydrogen-bond acceptors (Lipinski definition) is 4. The van der Waals surface area contributed by atoms with E-state index in [2.05, 4.69) is 24.8 Å². The predicted molar refractivity (Wildman–Crippen MR) is 94.8 cm³/mol. The molecule has 4 unspecified atom stereocenters. The number of carbonyl (C=O) groups excluding carboxylic acids is 1. The van der Waals surface area contributed by atoms with Crippen LogP contribution in [0.2, 0.25) is 0 Å². The van der Waals surface area contributed by atoms with Crippen molar-refractivity contribution < 1.29 is 14.3 Å². The van der Waals surface area contributed by atoms with E-state index in [1.807, 2.05) is 0 Å². The highest BCUT2D eigenvalue weighted by molar-refractivity contribution is 5.75. The molecule has 0 aliphatic carbocycles. The van der Waals surface area contributed by atoms with Crippen LogP contribution in [0.4, 0.5) is 0 Å². The van der Waals surface area contributed by atoms with E-state index in [9.17, 15) is 4.79 Å². The Balaban J connectivity index is 1.69. The van der Waals surface area contributed by atoms with Gasteiger partial charge in [-0.2, -0.15) is 0 Å². The van der Waals surface area contributed by atoms with Crippen LogP contribution in [0.5, 0.6) is 0 Å². The highest BCUT2D eigenvalue weighted by atomic mass is 16.6. The molecule has 0 bridgehead atoms. The van der Waals surface area contributed by atoms with Gasteiger partial charge in [0.2, 0.25) is 0 Å². The molecule has 0 aromatic carbocycles. The molecular formula is C20H33NO3. The summed E-state index contributed by atoms with van der Waals surface area (Å²) < 4.78 is 11.8. The van der Waals surface area contributed by atoms with Crippen molar-refractivity contribution in [1.82, 2.24) is 4.90 Å². The third kappa shape index (κ3) is 4.60. The fraction of sp³-hybridized carbons (Fsp3) is 0.850. The smallest absolute Gasteiger partial charge is 0.311 e. The second-order valence-corrected chi connectivity index (χ2v) is 7.92. The number of rotatable bonds is 2. The van der Waals surface area contributed by atoms with Crippen molar-refractivity contribution in [2.75, 3.05) is 26.2 Å². The van der Waals surface area contributed by atoms with Crippen LogP contribution in [0, 0.1) is 11.8 Å². The minimum Gasteiger partial charge on any atom is -0.459 e. The van der Waals surface area contributed by atoms with Crippen LogP contribution in [0.3, 0.4) is 0 Å². The fourth-order valence-corrected chi connectivity index (χ4v) is 4.34. The molecule has 0 saturated carbocycles. The summed E-state index contributed by atoms with van der Waals surface area (Å²) in [6.45, 7) is 8.04. The summed E-state index contributed by atoms with van der Waals surface area (Å²) in [4.78, 5) is 15.0. The Labute approximate surface area is 146 Å². The van der Waals surface area contributed by atoms with Crippen molar-refractivity contribution in [2.45, 2.75) is 71.0 Å². The first kappa shape index (κ1) is 17.9. The van der Waals surface area contributed by atoms with Crippen LogP contribution in [-0.2, 0) is 14.3 Å². The van der Waals surface area contributed by atoms with Crippen LogP contribution < -0.4 is 0 Å². The second kappa shape index (κ2) is 8.48. The van der Waals surface area contributed by atoms with Crippen LogP contribution in [-0.4, -0.2) is 49.3 Å². The molecule has 3 rings (SSSR count). The molecule has 0 amide bonds. The third-order valence-corrected chi connectivity index (χ3v) is 5.95. The zero-order valence-corrected chi connectivity index (χ0v) is 15.3. The number of fused-ring (bicyclic) bond motifs is 1. The minimum atomic E-state index is -0.0550. The molecule has 2 fully saturated rings. The highest BCUT2D eigenvalue weighted by Crippen LogP contribution is 2.35. The Bertz CT molecular complexity index is 456. The Morgan fingerprint density at radius 1 is 1.21 bits per heavy atom. The molecule has 0 aromatic heterocycles. The summed E-state index contributed by atoms with van der Waals surface area (Å²) in [7, 11) is 0. The van der Waals surface area contributed by atoms with E-state index in [0.717, 1.165) is 45.3 Å². The molecule has 136 valence electrons. The number of hydrogen-bond donors (Lipinski definition) is 0. The molecule has 3 aliphatic rings. The first-order chi connectivity index (χ1) is 11.6. The van der Waals surface area contributed by atoms with Gasteiger partial charge < -0.3 is 14.4 Å². The van der Waals surface area contributed by atoms with Crippen molar-refractivity contribution >= 4 is 5.97 Å². The number of carbonyl (C=O) groups is 1. The molecule has 4 heteroatoms. The van der Waals surface area contributed by atoms with Gasteiger partial charge in [0.1, 0.15) is 6.10 Å². The summed E-state index contributed by atoms with van der Waals surface area (Å²) >= 11 is 0. The first-order valence-corrected chi connectivity index (χ1v) is 9.83. The monoisotopic (exact) mass is 335 g/mol. The summed E-state index contributed by atoms with van der Waals surface area (Å²) in [5.74, 6) is 0.333. The van der Waals surface area contributed by atoms with Crippen LogP contribution >= 0.6 is 0 Å². The summed E-state index contributed by atoms with van der Waals surface area (Å²) in [6.07, 6.45) is 10.6. The van der Waals surface area contributed by atoms with Gasteiger partial charge in [-0.1, -0.05) is 18.1 Å². The number of likely N-dealkylation sites (tertiary alicyclic amines) is 1. The van der Waals surface area contributed by atoms with Crippen molar-refractivity contribution in [3.63, 3.8) is 0 Å². The number of piperidine rings is 1. The zero-order valence-electron chi connectivity index (χ0n) is 15.3. The van der Waals surface area contributed by atoms with Gasteiger partial charge in [0.25, 0.3) is 0 Å². The van der Waals surface area contributed by atoms with Crippen LogP contribution in [0.15, 0.2) is 11.6 Å². The van der Waals surface area contributed by atoms with E-state index in [-0.39, 0.29) is 24.1 Å². The van der Waals surface area contributed by atoms with Gasteiger partial charge in [-0.15, -0.1) is 0 Å². The molecule has 3 aliphatic heterocycles. The lowest BCUT2D eigenvalue weighted by Crippen LogP contribution is -2.38. The Kier molecular flexibility index (Phi) is 6.34. The lowest BCUT2D eigenvalue weighted by molar-refractivity contribution is -0.147. The van der Waals surface area contributed by atoms with Gasteiger partial charge in [-0.25, -0.2) is 0 Å². The normalized spacial score (nSPS) is 36.4. The lowest BCUT2D eigenvalue weighted by atomic mass is 9.85. The number of ether oxygens (including phenoxy) is 2. The van der Waals surface area contributed by atoms with Crippen LogP contribution in [0.1, 0.15) is 58.8 Å². The maximum atomic E-state index is 12.5. The van der Waals surface area contributed by atoms with Gasteiger partial charge in [0.05, 0.1) is 18.6 Å². The highest BCUT2D eigenvalue weighted by Gasteiger charge is 2.45. The molecule has 0 radical (unpaired) electrons. The largest absolute Gasteiger partial charge is 0.459 e. The molecule has 0 spiro atoms. The van der Waals surface area contributed by atoms with Gasteiger partial charge in [-0.3, -0.25) is 4.79 Å². The first-order valence-electron chi connectivity index (χ1n) is 9.83. The SMILES string of the molecule is CC1=CCCC(C)OCC2OC(=O)C(CN3CCCCC3)C2CC1. The van der Waals surface area contributed by atoms with Crippen molar-refractivity contribution in [3.8, 4) is 0 Å². The van der Waals surface area contributed by atoms with Crippen LogP contribution in [0.25, 0.3) is 0 Å². The molecule has 0 N–H and O–H groups in total. The van der Waals surface area contributed by atoms with E-state index < -0.39 is 0 Å². The maximum absolute atomic E-state index is 12.5. The Hall–Kier alpha value is -0.870. The number of nitrogens with zero attached hydrogens (tertiary/aromatic N) is 1. The summed E-state index contributed by atoms with van der Waals surface area (Å²) in [5.41, 5.74) is 1.44. The third-order valence-electron chi connectivity index (χ3n) is 5.95. The number of esters is 1. The second-order valence-electron chi connectivity index (χ2n) is 7.92. The lowest BCUT2D eigenvalue weighted by Gasteiger charge is -2.30. The molecular weight excluding hydrogens is 302 g/mol. The fourth-order valence-electron chi connectivity index (χ4n) is 4.34. The summed E-state index contributed by atoms with van der Waals surface area (Å²) in [5, 5.41) is 0. The average molecular weight is 335 g/mol. The van der Waals surface area contributed by atoms with E-state index in [4.69, 9.17) is 9.47 Å². The van der Waals surface area contributed by atoms with E-state index >= 15 is 0 Å². The number of allylic oxidation sites excluding steroid dienone is 2. The Morgan fingerprint density at radius 2 is 2.00 bits per heavy atom. The Morgan fingerprint density at radius 3 is 2.79 bits per heavy atom. The maximum Gasteiger partial charge on any atom is 0.311 e. The average Bonchev–Trinajstić information content (AvgIpc) is 2.85. The molecule has 3 heterocycles. The van der Waals surface area contributed by atoms with E-state index in [1.165, 1.54) is 24.8 Å². The molecule has 2 saturated heterocycles. The molecule has 0 aromatic rings. The van der Waals surface area contributed by atoms with Gasteiger partial charge in [-0.05, 0) is 65.5 Å². The predicted octanol–water partition coefficient (Wildman–Crippen LogP) is 3.56. The molecule has 24 heavy (non-hydrogen) atoms. The zero-order chi connectivity index (χ0) is 16.9. The molecule has 4 atom stereocenters. The van der Waals surface area contributed by atoms with E-state index in [0.29, 0.717) is 12.5 Å².